The summed E-state index contributed by atoms with van der Waals surface area (Å²) in [4.78, 5) is 38.8. The maximum absolute atomic E-state index is 12.2. The number of nitrogens with one attached hydrogen (secondary N) is 1. The highest BCUT2D eigenvalue weighted by Crippen LogP contribution is 2.09. The SMILES string of the molecule is O=C(O)c1cccc(C(=O)NCCCn2nc3n(c2=O)CCCC3)n1. The molecule has 0 saturated carbocycles. The summed E-state index contributed by atoms with van der Waals surface area (Å²) in [6.07, 6.45) is 3.41. The summed E-state index contributed by atoms with van der Waals surface area (Å²) < 4.78 is 3.15. The van der Waals surface area contributed by atoms with Crippen molar-refractivity contribution in [1.29, 1.82) is 0 Å². The third-order valence-corrected chi connectivity index (χ3v) is 4.06. The number of nitrogens with zero attached hydrogens (tertiary/aromatic N) is 4. The average Bonchev–Trinajstić information content (AvgIpc) is 2.95. The lowest BCUT2D eigenvalue weighted by molar-refractivity contribution is 0.0690. The van der Waals surface area contributed by atoms with Crippen LogP contribution in [0.5, 0.6) is 0 Å². The van der Waals surface area contributed by atoms with Crippen molar-refractivity contribution in [2.75, 3.05) is 6.54 Å². The first-order valence-electron chi connectivity index (χ1n) is 8.21. The molecule has 3 rings (SSSR count). The molecule has 9 heteroatoms. The van der Waals surface area contributed by atoms with Crippen LogP contribution >= 0.6 is 0 Å². The second-order valence-electron chi connectivity index (χ2n) is 5.85. The summed E-state index contributed by atoms with van der Waals surface area (Å²) in [7, 11) is 0. The normalized spacial score (nSPS) is 13.3. The number of fused-ring (bicyclic) bond motifs is 1. The maximum atomic E-state index is 12.2. The minimum atomic E-state index is -1.18. The highest BCUT2D eigenvalue weighted by molar-refractivity contribution is 5.94. The number of hydrogen-bond donors (Lipinski definition) is 2. The molecule has 0 spiro atoms. The van der Waals surface area contributed by atoms with Crippen molar-refractivity contribution in [3.63, 3.8) is 0 Å². The Balaban J connectivity index is 1.53. The largest absolute Gasteiger partial charge is 0.477 e. The molecule has 132 valence electrons. The summed E-state index contributed by atoms with van der Waals surface area (Å²) in [5, 5.41) is 15.9. The van der Waals surface area contributed by atoms with Gasteiger partial charge < -0.3 is 10.4 Å². The number of amides is 1. The third-order valence-electron chi connectivity index (χ3n) is 4.06. The van der Waals surface area contributed by atoms with E-state index in [0.717, 1.165) is 31.6 Å². The summed E-state index contributed by atoms with van der Waals surface area (Å²) >= 11 is 0. The van der Waals surface area contributed by atoms with E-state index >= 15 is 0 Å². The van der Waals surface area contributed by atoms with Gasteiger partial charge in [0.1, 0.15) is 17.2 Å². The molecule has 0 bridgehead atoms. The van der Waals surface area contributed by atoms with Gasteiger partial charge in [-0.3, -0.25) is 9.36 Å². The molecule has 0 aromatic carbocycles. The van der Waals surface area contributed by atoms with E-state index < -0.39 is 11.9 Å². The number of aromatic carboxylic acids is 1. The van der Waals surface area contributed by atoms with E-state index in [2.05, 4.69) is 15.4 Å². The van der Waals surface area contributed by atoms with Crippen LogP contribution < -0.4 is 11.0 Å². The Bertz CT molecular complexity index is 854. The van der Waals surface area contributed by atoms with E-state index in [9.17, 15) is 14.4 Å². The zero-order valence-electron chi connectivity index (χ0n) is 13.6. The van der Waals surface area contributed by atoms with Gasteiger partial charge in [-0.2, -0.15) is 5.10 Å². The molecule has 2 aromatic heterocycles. The van der Waals surface area contributed by atoms with Gasteiger partial charge in [-0.25, -0.2) is 19.3 Å². The molecule has 1 aliphatic heterocycles. The van der Waals surface area contributed by atoms with Gasteiger partial charge in [-0.1, -0.05) is 6.07 Å². The van der Waals surface area contributed by atoms with Crippen LogP contribution in [-0.2, 0) is 19.5 Å². The van der Waals surface area contributed by atoms with Gasteiger partial charge in [0.25, 0.3) is 5.91 Å². The molecule has 0 aliphatic carbocycles. The standard InChI is InChI=1S/C16H19N5O4/c22-14(11-5-3-6-12(18-11)15(23)24)17-8-4-10-21-16(25)20-9-2-1-7-13(20)19-21/h3,5-6H,1-2,4,7-10H2,(H,17,22)(H,23,24). The Hall–Kier alpha value is -2.97. The zero-order valence-corrected chi connectivity index (χ0v) is 13.6. The van der Waals surface area contributed by atoms with Gasteiger partial charge in [0.05, 0.1) is 0 Å². The van der Waals surface area contributed by atoms with Crippen molar-refractivity contribution < 1.29 is 14.7 Å². The zero-order chi connectivity index (χ0) is 17.8. The Morgan fingerprint density at radius 3 is 2.80 bits per heavy atom. The Morgan fingerprint density at radius 2 is 2.04 bits per heavy atom. The lowest BCUT2D eigenvalue weighted by Gasteiger charge is -2.09. The number of hydrogen-bond acceptors (Lipinski definition) is 5. The molecule has 2 aromatic rings. The number of aromatic nitrogens is 4. The van der Waals surface area contributed by atoms with Crippen molar-refractivity contribution >= 4 is 11.9 Å². The number of carbonyl (C=O) groups is 2. The highest BCUT2D eigenvalue weighted by atomic mass is 16.4. The van der Waals surface area contributed by atoms with Crippen LogP contribution in [-0.4, -0.2) is 42.9 Å². The molecule has 0 unspecified atom stereocenters. The molecule has 1 aliphatic rings. The number of rotatable bonds is 6. The first kappa shape index (κ1) is 16.9. The lowest BCUT2D eigenvalue weighted by atomic mass is 10.2. The molecular formula is C16H19N5O4. The predicted octanol–water partition coefficient (Wildman–Crippen LogP) is 0.294. The van der Waals surface area contributed by atoms with Crippen LogP contribution in [0.2, 0.25) is 0 Å². The van der Waals surface area contributed by atoms with Crippen LogP contribution in [0.15, 0.2) is 23.0 Å². The topological polar surface area (TPSA) is 119 Å². The van der Waals surface area contributed by atoms with Crippen molar-refractivity contribution in [3.05, 3.63) is 45.9 Å². The van der Waals surface area contributed by atoms with E-state index in [1.54, 1.807) is 4.57 Å². The summed E-state index contributed by atoms with van der Waals surface area (Å²) in [6.45, 7) is 1.48. The van der Waals surface area contributed by atoms with E-state index in [4.69, 9.17) is 5.11 Å². The molecular weight excluding hydrogens is 326 g/mol. The second kappa shape index (κ2) is 7.29. The minimum absolute atomic E-state index is 0.0505. The number of aryl methyl sites for hydroxylation is 2. The van der Waals surface area contributed by atoms with Gasteiger partial charge in [0.15, 0.2) is 0 Å². The monoisotopic (exact) mass is 345 g/mol. The molecule has 0 radical (unpaired) electrons. The summed E-state index contributed by atoms with van der Waals surface area (Å²) in [5.41, 5.74) is -0.228. The van der Waals surface area contributed by atoms with Gasteiger partial charge in [0.2, 0.25) is 0 Å². The fourth-order valence-electron chi connectivity index (χ4n) is 2.80. The summed E-state index contributed by atoms with van der Waals surface area (Å²) in [6, 6.07) is 4.25. The van der Waals surface area contributed by atoms with E-state index in [0.29, 0.717) is 19.5 Å². The average molecular weight is 345 g/mol. The predicted molar refractivity (Wildman–Crippen MR) is 87.6 cm³/mol. The van der Waals surface area contributed by atoms with Crippen molar-refractivity contribution in [2.24, 2.45) is 0 Å². The molecule has 2 N–H and O–H groups in total. The fourth-order valence-corrected chi connectivity index (χ4v) is 2.80. The van der Waals surface area contributed by atoms with Crippen LogP contribution in [0, 0.1) is 0 Å². The van der Waals surface area contributed by atoms with Gasteiger partial charge in [0, 0.05) is 26.1 Å². The van der Waals surface area contributed by atoms with Gasteiger partial charge >= 0.3 is 11.7 Å². The number of carboxylic acid groups (broad SMARTS) is 1. The third kappa shape index (κ3) is 3.76. The van der Waals surface area contributed by atoms with Gasteiger partial charge in [-0.15, -0.1) is 0 Å². The van der Waals surface area contributed by atoms with Crippen molar-refractivity contribution in [2.45, 2.75) is 38.8 Å². The van der Waals surface area contributed by atoms with E-state index in [1.807, 2.05) is 0 Å². The van der Waals surface area contributed by atoms with Crippen molar-refractivity contribution in [1.82, 2.24) is 24.6 Å². The quantitative estimate of drug-likeness (QED) is 0.727. The van der Waals surface area contributed by atoms with E-state index in [1.165, 1.54) is 22.9 Å². The number of pyridine rings is 1. The number of carbonyl (C=O) groups excluding carboxylic acids is 1. The Morgan fingerprint density at radius 1 is 1.24 bits per heavy atom. The Labute approximate surface area is 143 Å². The molecule has 0 fully saturated rings. The molecule has 9 nitrogen and oxygen atoms in total. The van der Waals surface area contributed by atoms with Crippen molar-refractivity contribution in [3.8, 4) is 0 Å². The van der Waals surface area contributed by atoms with Gasteiger partial charge in [-0.05, 0) is 31.4 Å². The summed E-state index contributed by atoms with van der Waals surface area (Å²) in [5.74, 6) is -0.799. The molecule has 1 amide bonds. The minimum Gasteiger partial charge on any atom is -0.477 e. The lowest BCUT2D eigenvalue weighted by Crippen LogP contribution is -2.29. The first-order valence-corrected chi connectivity index (χ1v) is 8.21. The Kier molecular flexibility index (Phi) is 4.92. The molecule has 25 heavy (non-hydrogen) atoms. The maximum Gasteiger partial charge on any atom is 0.354 e. The highest BCUT2D eigenvalue weighted by Gasteiger charge is 2.16. The van der Waals surface area contributed by atoms with Crippen LogP contribution in [0.4, 0.5) is 0 Å². The fraction of sp³-hybridized carbons (Fsp3) is 0.438. The van der Waals surface area contributed by atoms with Crippen LogP contribution in [0.1, 0.15) is 46.1 Å². The van der Waals surface area contributed by atoms with Crippen LogP contribution in [0.25, 0.3) is 0 Å². The number of carboxylic acids is 1. The second-order valence-corrected chi connectivity index (χ2v) is 5.85. The molecule has 0 saturated heterocycles. The first-order chi connectivity index (χ1) is 12.1. The molecule has 0 atom stereocenters. The van der Waals surface area contributed by atoms with E-state index in [-0.39, 0.29) is 17.1 Å². The smallest absolute Gasteiger partial charge is 0.354 e. The molecule has 3 heterocycles. The van der Waals surface area contributed by atoms with Crippen LogP contribution in [0.3, 0.4) is 0 Å².